The quantitative estimate of drug-likeness (QED) is 0.621. The van der Waals surface area contributed by atoms with Crippen LogP contribution in [0.25, 0.3) is 11.1 Å². The minimum Gasteiger partial charge on any atom is -0.469 e. The Bertz CT molecular complexity index is 819. The number of allylic oxidation sites excluding steroid dienone is 1. The Hall–Kier alpha value is -2.82. The molecule has 1 amide bonds. The zero-order valence-corrected chi connectivity index (χ0v) is 15.0. The molecule has 5 nitrogen and oxygen atoms in total. The number of nitrogens with two attached hydrogens (primary N) is 1. The summed E-state index contributed by atoms with van der Waals surface area (Å²) >= 11 is 0. The largest absolute Gasteiger partial charge is 0.469 e. The van der Waals surface area contributed by atoms with E-state index in [1.807, 2.05) is 42.7 Å². The van der Waals surface area contributed by atoms with Crippen LogP contribution in [0, 0.1) is 13.8 Å². The maximum absolute atomic E-state index is 12.2. The van der Waals surface area contributed by atoms with E-state index in [0.717, 1.165) is 28.1 Å². The molecule has 0 spiro atoms. The van der Waals surface area contributed by atoms with E-state index in [1.165, 1.54) is 7.11 Å². The third kappa shape index (κ3) is 3.65. The monoisotopic (exact) mass is 340 g/mol. The molecule has 5 heteroatoms. The fraction of sp³-hybridized carbons (Fsp3) is 0.300. The van der Waals surface area contributed by atoms with E-state index in [1.54, 1.807) is 6.08 Å². The Kier molecular flexibility index (Phi) is 5.80. The molecule has 1 aromatic heterocycles. The number of carbonyl (C=O) groups is 2. The van der Waals surface area contributed by atoms with Crippen molar-refractivity contribution in [3.8, 4) is 11.1 Å². The van der Waals surface area contributed by atoms with E-state index < -0.39 is 5.91 Å². The predicted octanol–water partition coefficient (Wildman–Crippen LogP) is 3.16. The first-order valence-corrected chi connectivity index (χ1v) is 8.17. The summed E-state index contributed by atoms with van der Waals surface area (Å²) in [6, 6.07) is 7.84. The van der Waals surface area contributed by atoms with Gasteiger partial charge in [-0.1, -0.05) is 30.3 Å². The van der Waals surface area contributed by atoms with Crippen LogP contribution >= 0.6 is 0 Å². The molecule has 0 atom stereocenters. The first-order chi connectivity index (χ1) is 11.9. The Labute approximate surface area is 148 Å². The molecule has 0 radical (unpaired) electrons. The van der Waals surface area contributed by atoms with Crippen LogP contribution < -0.4 is 5.73 Å². The lowest BCUT2D eigenvalue weighted by Gasteiger charge is -2.12. The van der Waals surface area contributed by atoms with Gasteiger partial charge >= 0.3 is 5.97 Å². The molecule has 25 heavy (non-hydrogen) atoms. The number of esters is 1. The van der Waals surface area contributed by atoms with Gasteiger partial charge in [-0.05, 0) is 31.4 Å². The molecule has 0 aliphatic heterocycles. The molecule has 1 heterocycles. The number of rotatable bonds is 7. The second kappa shape index (κ2) is 7.83. The number of carbonyl (C=O) groups excluding carboxylic acids is 2. The van der Waals surface area contributed by atoms with Crippen LogP contribution in [0.3, 0.4) is 0 Å². The van der Waals surface area contributed by atoms with E-state index in [-0.39, 0.29) is 12.4 Å². The van der Waals surface area contributed by atoms with Gasteiger partial charge in [0.1, 0.15) is 0 Å². The number of methoxy groups -OCH3 is 1. The molecule has 132 valence electrons. The van der Waals surface area contributed by atoms with E-state index in [9.17, 15) is 9.59 Å². The lowest BCUT2D eigenvalue weighted by Crippen LogP contribution is -2.13. The van der Waals surface area contributed by atoms with Crippen molar-refractivity contribution in [3.63, 3.8) is 0 Å². The molecule has 0 unspecified atom stereocenters. The molecule has 2 rings (SSSR count). The predicted molar refractivity (Wildman–Crippen MR) is 98.4 cm³/mol. The summed E-state index contributed by atoms with van der Waals surface area (Å²) in [5.74, 6) is -0.766. The highest BCUT2D eigenvalue weighted by atomic mass is 16.5. The van der Waals surface area contributed by atoms with Crippen molar-refractivity contribution in [3.05, 3.63) is 59.4 Å². The summed E-state index contributed by atoms with van der Waals surface area (Å²) < 4.78 is 6.76. The second-order valence-corrected chi connectivity index (χ2v) is 5.94. The van der Waals surface area contributed by atoms with Crippen LogP contribution in [0.1, 0.15) is 33.7 Å². The zero-order valence-electron chi connectivity index (χ0n) is 15.0. The van der Waals surface area contributed by atoms with Gasteiger partial charge in [-0.3, -0.25) is 9.59 Å². The molecule has 0 aliphatic carbocycles. The summed E-state index contributed by atoms with van der Waals surface area (Å²) in [6.45, 7) is 8.19. The normalized spacial score (nSPS) is 10.5. The number of aromatic nitrogens is 1. The molecule has 0 aliphatic rings. The Morgan fingerprint density at radius 3 is 2.52 bits per heavy atom. The number of ether oxygens (including phenoxy) is 1. The SMILES string of the molecule is C=CCn1c(C)c(C(N)=O)c(-c2ccccc2C)c1CCC(=O)OC. The van der Waals surface area contributed by atoms with E-state index in [4.69, 9.17) is 10.5 Å². The van der Waals surface area contributed by atoms with Crippen LogP contribution in [0.2, 0.25) is 0 Å². The third-order valence-corrected chi connectivity index (χ3v) is 4.40. The summed E-state index contributed by atoms with van der Waals surface area (Å²) in [6.07, 6.45) is 2.45. The van der Waals surface area contributed by atoms with Gasteiger partial charge in [-0.15, -0.1) is 6.58 Å². The van der Waals surface area contributed by atoms with Gasteiger partial charge < -0.3 is 15.0 Å². The summed E-state index contributed by atoms with van der Waals surface area (Å²) in [5.41, 5.74) is 10.7. The molecular formula is C20H24N2O3. The van der Waals surface area contributed by atoms with Crippen LogP contribution in [0.4, 0.5) is 0 Å². The molecule has 0 fully saturated rings. The molecule has 1 aromatic carbocycles. The number of nitrogens with zero attached hydrogens (tertiary/aromatic N) is 1. The molecule has 2 N–H and O–H groups in total. The van der Waals surface area contributed by atoms with Crippen molar-refractivity contribution in [1.29, 1.82) is 0 Å². The number of hydrogen-bond acceptors (Lipinski definition) is 3. The van der Waals surface area contributed by atoms with Gasteiger partial charge in [0.25, 0.3) is 5.91 Å². The summed E-state index contributed by atoms with van der Waals surface area (Å²) in [4.78, 5) is 23.8. The average Bonchev–Trinajstić information content (AvgIpc) is 2.85. The highest BCUT2D eigenvalue weighted by molar-refractivity contribution is 6.02. The van der Waals surface area contributed by atoms with Gasteiger partial charge in [0.2, 0.25) is 0 Å². The van der Waals surface area contributed by atoms with Crippen molar-refractivity contribution < 1.29 is 14.3 Å². The van der Waals surface area contributed by atoms with Gasteiger partial charge in [0, 0.05) is 23.5 Å². The molecular weight excluding hydrogens is 316 g/mol. The first-order valence-electron chi connectivity index (χ1n) is 8.17. The Balaban J connectivity index is 2.74. The fourth-order valence-corrected chi connectivity index (χ4v) is 3.20. The number of amides is 1. The summed E-state index contributed by atoms with van der Waals surface area (Å²) in [7, 11) is 1.37. The second-order valence-electron chi connectivity index (χ2n) is 5.94. The van der Waals surface area contributed by atoms with Crippen molar-refractivity contribution >= 4 is 11.9 Å². The minimum atomic E-state index is -0.474. The smallest absolute Gasteiger partial charge is 0.305 e. The molecule has 0 saturated carbocycles. The van der Waals surface area contributed by atoms with E-state index in [2.05, 4.69) is 6.58 Å². The lowest BCUT2D eigenvalue weighted by atomic mass is 9.94. The highest BCUT2D eigenvalue weighted by Crippen LogP contribution is 2.35. The number of hydrogen-bond donors (Lipinski definition) is 1. The Morgan fingerprint density at radius 2 is 1.96 bits per heavy atom. The van der Waals surface area contributed by atoms with Crippen LogP contribution in [0.5, 0.6) is 0 Å². The average molecular weight is 340 g/mol. The first kappa shape index (κ1) is 18.5. The number of primary amides is 1. The number of aryl methyl sites for hydroxylation is 1. The molecule has 2 aromatic rings. The molecule has 0 saturated heterocycles. The highest BCUT2D eigenvalue weighted by Gasteiger charge is 2.25. The topological polar surface area (TPSA) is 74.3 Å². The van der Waals surface area contributed by atoms with Crippen molar-refractivity contribution in [2.45, 2.75) is 33.2 Å². The standard InChI is InChI=1S/C20H24N2O3/c1-5-12-22-14(3)18(20(21)24)19(15-9-7-6-8-13(15)2)16(22)10-11-17(23)25-4/h5-9H,1,10-12H2,2-4H3,(H2,21,24). The van der Waals surface area contributed by atoms with Gasteiger partial charge in [-0.25, -0.2) is 0 Å². The van der Waals surface area contributed by atoms with Crippen LogP contribution in [0.15, 0.2) is 36.9 Å². The molecule has 0 bridgehead atoms. The number of benzene rings is 1. The van der Waals surface area contributed by atoms with Crippen molar-refractivity contribution in [1.82, 2.24) is 4.57 Å². The van der Waals surface area contributed by atoms with Gasteiger partial charge in [0.05, 0.1) is 19.1 Å². The fourth-order valence-electron chi connectivity index (χ4n) is 3.20. The maximum atomic E-state index is 12.2. The van der Waals surface area contributed by atoms with Crippen LogP contribution in [-0.2, 0) is 22.5 Å². The summed E-state index contributed by atoms with van der Waals surface area (Å²) in [5, 5.41) is 0. The zero-order chi connectivity index (χ0) is 18.6. The van der Waals surface area contributed by atoms with Gasteiger partial charge in [0.15, 0.2) is 0 Å². The van der Waals surface area contributed by atoms with E-state index in [0.29, 0.717) is 18.5 Å². The van der Waals surface area contributed by atoms with Crippen molar-refractivity contribution in [2.75, 3.05) is 7.11 Å². The Morgan fingerprint density at radius 1 is 1.28 bits per heavy atom. The van der Waals surface area contributed by atoms with E-state index >= 15 is 0 Å². The lowest BCUT2D eigenvalue weighted by molar-refractivity contribution is -0.140. The minimum absolute atomic E-state index is 0.230. The van der Waals surface area contributed by atoms with Crippen molar-refractivity contribution in [2.24, 2.45) is 5.73 Å². The van der Waals surface area contributed by atoms with Crippen LogP contribution in [-0.4, -0.2) is 23.6 Å². The third-order valence-electron chi connectivity index (χ3n) is 4.40. The maximum Gasteiger partial charge on any atom is 0.305 e. The van der Waals surface area contributed by atoms with Gasteiger partial charge in [-0.2, -0.15) is 0 Å².